The van der Waals surface area contributed by atoms with E-state index >= 15 is 0 Å². The van der Waals surface area contributed by atoms with E-state index in [1.165, 1.54) is 17.1 Å². The average Bonchev–Trinajstić information content (AvgIpc) is 2.92. The summed E-state index contributed by atoms with van der Waals surface area (Å²) in [5.74, 6) is 0. The van der Waals surface area contributed by atoms with E-state index in [1.54, 1.807) is 0 Å². The van der Waals surface area contributed by atoms with E-state index in [4.69, 9.17) is 11.6 Å². The Kier molecular flexibility index (Phi) is 3.71. The van der Waals surface area contributed by atoms with E-state index in [2.05, 4.69) is 77.8 Å². The molecule has 24 heavy (non-hydrogen) atoms. The van der Waals surface area contributed by atoms with E-state index in [1.807, 2.05) is 12.1 Å². The van der Waals surface area contributed by atoms with Gasteiger partial charge in [0.1, 0.15) is 6.17 Å². The predicted octanol–water partition coefficient (Wildman–Crippen LogP) is 4.10. The number of hydrazine groups is 1. The summed E-state index contributed by atoms with van der Waals surface area (Å²) >= 11 is 6.09. The molecule has 0 aromatic heterocycles. The van der Waals surface area contributed by atoms with Gasteiger partial charge in [-0.1, -0.05) is 37.6 Å². The molecule has 2 atom stereocenters. The molecule has 2 aliphatic heterocycles. The van der Waals surface area contributed by atoms with Crippen LogP contribution in [0.15, 0.2) is 48.5 Å². The van der Waals surface area contributed by atoms with Crippen molar-refractivity contribution in [1.29, 1.82) is 0 Å². The first-order valence-electron chi connectivity index (χ1n) is 8.39. The molecule has 2 aromatic rings. The largest absolute Gasteiger partial charge is 0.339 e. The van der Waals surface area contributed by atoms with Crippen LogP contribution in [0.3, 0.4) is 0 Å². The van der Waals surface area contributed by atoms with Crippen LogP contribution in [0.5, 0.6) is 0 Å². The third-order valence-corrected chi connectivity index (χ3v) is 5.27. The van der Waals surface area contributed by atoms with Gasteiger partial charge in [-0.2, -0.15) is 0 Å². The van der Waals surface area contributed by atoms with E-state index in [-0.39, 0.29) is 17.7 Å². The molecular weight excluding hydrogens is 320 g/mol. The first kappa shape index (κ1) is 15.8. The van der Waals surface area contributed by atoms with Gasteiger partial charge in [-0.25, -0.2) is 10.9 Å². The second kappa shape index (κ2) is 5.66. The molecule has 5 heteroatoms. The quantitative estimate of drug-likeness (QED) is 0.816. The highest BCUT2D eigenvalue weighted by molar-refractivity contribution is 6.30. The summed E-state index contributed by atoms with van der Waals surface area (Å²) in [5, 5.41) is 0.765. The molecule has 0 saturated carbocycles. The van der Waals surface area contributed by atoms with Crippen molar-refractivity contribution in [2.75, 3.05) is 16.3 Å². The summed E-state index contributed by atoms with van der Waals surface area (Å²) in [5.41, 5.74) is 10.6. The number of halogens is 1. The molecule has 2 aliphatic rings. The lowest BCUT2D eigenvalue weighted by Gasteiger charge is -2.37. The van der Waals surface area contributed by atoms with Crippen molar-refractivity contribution in [2.45, 2.75) is 33.1 Å². The molecule has 126 valence electrons. The van der Waals surface area contributed by atoms with Gasteiger partial charge in [-0.15, -0.1) is 0 Å². The van der Waals surface area contributed by atoms with Crippen LogP contribution in [-0.4, -0.2) is 18.9 Å². The van der Waals surface area contributed by atoms with Crippen molar-refractivity contribution < 1.29 is 0 Å². The van der Waals surface area contributed by atoms with E-state index in [9.17, 15) is 0 Å². The molecule has 1 saturated heterocycles. The number of fused-ring (bicyclic) bond motifs is 3. The van der Waals surface area contributed by atoms with Gasteiger partial charge >= 0.3 is 0 Å². The molecule has 2 aromatic carbocycles. The van der Waals surface area contributed by atoms with Gasteiger partial charge in [0.05, 0.1) is 17.5 Å². The van der Waals surface area contributed by atoms with Crippen LogP contribution in [0, 0.1) is 5.41 Å². The van der Waals surface area contributed by atoms with E-state index in [0.717, 1.165) is 11.6 Å². The first-order chi connectivity index (χ1) is 11.5. The number of para-hydroxylation sites is 2. The predicted molar refractivity (Wildman–Crippen MR) is 101 cm³/mol. The van der Waals surface area contributed by atoms with Crippen LogP contribution in [0.1, 0.15) is 20.8 Å². The van der Waals surface area contributed by atoms with Crippen molar-refractivity contribution in [3.63, 3.8) is 0 Å². The van der Waals surface area contributed by atoms with Gasteiger partial charge in [0.2, 0.25) is 0 Å². The molecule has 0 aliphatic carbocycles. The minimum Gasteiger partial charge on any atom is -0.339 e. The second-order valence-corrected chi connectivity index (χ2v) is 7.75. The number of rotatable bonds is 1. The fourth-order valence-corrected chi connectivity index (χ4v) is 3.95. The summed E-state index contributed by atoms with van der Waals surface area (Å²) in [7, 11) is 0. The fraction of sp³-hybridized carbons (Fsp3) is 0.368. The smallest absolute Gasteiger partial charge is 0.101 e. The maximum Gasteiger partial charge on any atom is 0.101 e. The van der Waals surface area contributed by atoms with Gasteiger partial charge in [0.25, 0.3) is 0 Å². The highest BCUT2D eigenvalue weighted by Crippen LogP contribution is 2.44. The normalized spacial score (nSPS) is 25.2. The summed E-state index contributed by atoms with van der Waals surface area (Å²) in [6.07, 6.45) is 0.464. The van der Waals surface area contributed by atoms with Gasteiger partial charge in [0, 0.05) is 22.7 Å². The van der Waals surface area contributed by atoms with Crippen LogP contribution in [-0.2, 0) is 0 Å². The maximum atomic E-state index is 6.09. The van der Waals surface area contributed by atoms with Gasteiger partial charge in [-0.05, 0) is 43.3 Å². The molecule has 0 spiro atoms. The average molecular weight is 343 g/mol. The van der Waals surface area contributed by atoms with Crippen LogP contribution in [0.25, 0.3) is 0 Å². The van der Waals surface area contributed by atoms with Crippen molar-refractivity contribution in [3.8, 4) is 0 Å². The van der Waals surface area contributed by atoms with Crippen LogP contribution >= 0.6 is 11.6 Å². The summed E-state index contributed by atoms with van der Waals surface area (Å²) in [6.45, 7) is 7.73. The minimum atomic E-state index is 0.0381. The third-order valence-electron chi connectivity index (χ3n) is 5.02. The molecular formula is C19H23ClN4. The number of hydrogen-bond acceptors (Lipinski definition) is 4. The summed E-state index contributed by atoms with van der Waals surface area (Å²) in [4.78, 5) is 4.85. The van der Waals surface area contributed by atoms with Crippen LogP contribution < -0.4 is 20.7 Å². The monoisotopic (exact) mass is 342 g/mol. The molecule has 2 N–H and O–H groups in total. The standard InChI is InChI=1S/C19H23ClN4/c1-13-21-22-18-19(2,3)12-23(15-10-8-14(20)9-11-15)16-6-4-5-7-17(16)24(13)18/h4-11,13,18,21-22H,12H2,1-3H3. The Labute approximate surface area is 148 Å². The van der Waals surface area contributed by atoms with Gasteiger partial charge in [0.15, 0.2) is 0 Å². The van der Waals surface area contributed by atoms with Crippen molar-refractivity contribution in [1.82, 2.24) is 10.9 Å². The lowest BCUT2D eigenvalue weighted by atomic mass is 9.88. The molecule has 4 rings (SSSR count). The van der Waals surface area contributed by atoms with Crippen molar-refractivity contribution in [3.05, 3.63) is 53.6 Å². The van der Waals surface area contributed by atoms with Gasteiger partial charge < -0.3 is 9.80 Å². The zero-order chi connectivity index (χ0) is 16.9. The Morgan fingerprint density at radius 3 is 2.38 bits per heavy atom. The lowest BCUT2D eigenvalue weighted by Crippen LogP contribution is -2.51. The molecule has 0 bridgehead atoms. The van der Waals surface area contributed by atoms with E-state index in [0.29, 0.717) is 0 Å². The van der Waals surface area contributed by atoms with Gasteiger partial charge in [-0.3, -0.25) is 0 Å². The number of hydrogen-bond donors (Lipinski definition) is 2. The molecule has 4 nitrogen and oxygen atoms in total. The van der Waals surface area contributed by atoms with E-state index < -0.39 is 0 Å². The molecule has 2 heterocycles. The second-order valence-electron chi connectivity index (χ2n) is 7.31. The fourth-order valence-electron chi connectivity index (χ4n) is 3.82. The minimum absolute atomic E-state index is 0.0381. The van der Waals surface area contributed by atoms with Crippen LogP contribution in [0.4, 0.5) is 17.1 Å². The zero-order valence-electron chi connectivity index (χ0n) is 14.3. The third kappa shape index (κ3) is 2.46. The molecule has 0 amide bonds. The number of benzene rings is 2. The number of anilines is 3. The van der Waals surface area contributed by atoms with Crippen molar-refractivity contribution >= 4 is 28.7 Å². The Bertz CT molecular complexity index is 743. The topological polar surface area (TPSA) is 30.5 Å². The Balaban J connectivity index is 1.88. The lowest BCUT2D eigenvalue weighted by molar-refractivity contribution is 0.270. The Hall–Kier alpha value is -1.75. The SMILES string of the molecule is CC1NNC2N1c1ccccc1N(c1ccc(Cl)cc1)CC2(C)C. The Morgan fingerprint density at radius 2 is 1.67 bits per heavy atom. The molecule has 1 fully saturated rings. The summed E-state index contributed by atoms with van der Waals surface area (Å²) in [6, 6.07) is 16.7. The van der Waals surface area contributed by atoms with Crippen LogP contribution in [0.2, 0.25) is 5.02 Å². The van der Waals surface area contributed by atoms with Crippen molar-refractivity contribution in [2.24, 2.45) is 5.41 Å². The summed E-state index contributed by atoms with van der Waals surface area (Å²) < 4.78 is 0. The number of nitrogens with zero attached hydrogens (tertiary/aromatic N) is 2. The first-order valence-corrected chi connectivity index (χ1v) is 8.77. The zero-order valence-corrected chi connectivity index (χ0v) is 15.0. The Morgan fingerprint density at radius 1 is 1.00 bits per heavy atom. The number of nitrogens with one attached hydrogen (secondary N) is 2. The molecule has 2 unspecified atom stereocenters. The molecule has 0 radical (unpaired) electrons. The highest BCUT2D eigenvalue weighted by atomic mass is 35.5. The maximum absolute atomic E-state index is 6.09. The highest BCUT2D eigenvalue weighted by Gasteiger charge is 2.45.